The maximum atomic E-state index is 5.39. The van der Waals surface area contributed by atoms with Gasteiger partial charge in [-0.05, 0) is 23.8 Å². The van der Waals surface area contributed by atoms with Crippen molar-refractivity contribution in [3.05, 3.63) is 30.1 Å². The van der Waals surface area contributed by atoms with Crippen molar-refractivity contribution in [1.82, 2.24) is 20.1 Å². The van der Waals surface area contributed by atoms with Gasteiger partial charge in [0, 0.05) is 58.8 Å². The molecule has 5 nitrogen and oxygen atoms in total. The topological polar surface area (TPSA) is 40.6 Å². The molecule has 1 saturated heterocycles. The Morgan fingerprint density at radius 1 is 1.40 bits per heavy atom. The van der Waals surface area contributed by atoms with E-state index in [2.05, 4.69) is 26.2 Å². The van der Waals surface area contributed by atoms with Crippen LogP contribution in [0.3, 0.4) is 0 Å². The van der Waals surface area contributed by atoms with Crippen LogP contribution in [-0.4, -0.2) is 66.3 Å². The van der Waals surface area contributed by atoms with E-state index in [9.17, 15) is 0 Å². The van der Waals surface area contributed by atoms with Crippen molar-refractivity contribution >= 4 is 17.3 Å². The molecule has 1 aromatic rings. The molecule has 6 heteroatoms. The Labute approximate surface area is 125 Å². The van der Waals surface area contributed by atoms with Crippen LogP contribution in [0.2, 0.25) is 0 Å². The highest BCUT2D eigenvalue weighted by Crippen LogP contribution is 2.07. The van der Waals surface area contributed by atoms with Crippen LogP contribution >= 0.6 is 12.2 Å². The van der Waals surface area contributed by atoms with E-state index in [1.165, 1.54) is 5.56 Å². The third-order valence-corrected chi connectivity index (χ3v) is 3.77. The summed E-state index contributed by atoms with van der Waals surface area (Å²) in [5.41, 5.74) is 1.27. The van der Waals surface area contributed by atoms with Crippen LogP contribution in [0.25, 0.3) is 0 Å². The number of aromatic nitrogens is 1. The predicted molar refractivity (Wildman–Crippen MR) is 83.6 cm³/mol. The lowest BCUT2D eigenvalue weighted by Gasteiger charge is -2.36. The van der Waals surface area contributed by atoms with Gasteiger partial charge < -0.3 is 15.0 Å². The normalized spacial score (nSPS) is 16.1. The highest BCUT2D eigenvalue weighted by atomic mass is 32.1. The monoisotopic (exact) mass is 294 g/mol. The van der Waals surface area contributed by atoms with Crippen LogP contribution in [0.1, 0.15) is 5.56 Å². The average molecular weight is 294 g/mol. The quantitative estimate of drug-likeness (QED) is 0.637. The molecular formula is C14H22N4OS. The van der Waals surface area contributed by atoms with Crippen molar-refractivity contribution in [2.24, 2.45) is 0 Å². The summed E-state index contributed by atoms with van der Waals surface area (Å²) in [7, 11) is 1.70. The second-order valence-electron chi connectivity index (χ2n) is 4.85. The van der Waals surface area contributed by atoms with E-state index in [4.69, 9.17) is 17.0 Å². The van der Waals surface area contributed by atoms with Crippen LogP contribution in [0.4, 0.5) is 0 Å². The summed E-state index contributed by atoms with van der Waals surface area (Å²) in [6.07, 6.45) is 3.74. The molecule has 0 atom stereocenters. The summed E-state index contributed by atoms with van der Waals surface area (Å²) < 4.78 is 5.01. The molecule has 0 radical (unpaired) electrons. The number of piperazine rings is 1. The minimum Gasteiger partial charge on any atom is -0.383 e. The van der Waals surface area contributed by atoms with Crippen LogP contribution in [0.15, 0.2) is 24.5 Å². The van der Waals surface area contributed by atoms with E-state index in [1.54, 1.807) is 7.11 Å². The van der Waals surface area contributed by atoms with Gasteiger partial charge in [-0.25, -0.2) is 0 Å². The Kier molecular flexibility index (Phi) is 6.17. The molecule has 1 N–H and O–H groups in total. The molecule has 0 aliphatic carbocycles. The molecule has 0 spiro atoms. The summed E-state index contributed by atoms with van der Waals surface area (Å²) in [5, 5.41) is 4.06. The first kappa shape index (κ1) is 15.2. The molecule has 20 heavy (non-hydrogen) atoms. The zero-order valence-corrected chi connectivity index (χ0v) is 12.7. The van der Waals surface area contributed by atoms with Gasteiger partial charge in [-0.3, -0.25) is 9.88 Å². The summed E-state index contributed by atoms with van der Waals surface area (Å²) >= 11 is 5.39. The summed E-state index contributed by atoms with van der Waals surface area (Å²) in [4.78, 5) is 8.82. The van der Waals surface area contributed by atoms with Gasteiger partial charge in [0.05, 0.1) is 6.61 Å². The number of ether oxygens (including phenoxy) is 1. The first-order valence-electron chi connectivity index (χ1n) is 6.92. The summed E-state index contributed by atoms with van der Waals surface area (Å²) in [6.45, 7) is 6.41. The molecule has 1 aliphatic heterocycles. The lowest BCUT2D eigenvalue weighted by atomic mass is 10.2. The van der Waals surface area contributed by atoms with Crippen LogP contribution in [0, 0.1) is 0 Å². The van der Waals surface area contributed by atoms with Crippen LogP contribution in [0.5, 0.6) is 0 Å². The molecule has 1 aromatic heterocycles. The molecule has 0 saturated carbocycles. The van der Waals surface area contributed by atoms with Gasteiger partial charge in [-0.1, -0.05) is 6.07 Å². The smallest absolute Gasteiger partial charge is 0.169 e. The lowest BCUT2D eigenvalue weighted by molar-refractivity contribution is 0.172. The maximum absolute atomic E-state index is 5.39. The number of nitrogens with zero attached hydrogens (tertiary/aromatic N) is 3. The molecule has 0 amide bonds. The fourth-order valence-electron chi connectivity index (χ4n) is 2.23. The van der Waals surface area contributed by atoms with Gasteiger partial charge in [0.15, 0.2) is 5.11 Å². The SMILES string of the molecule is COCCNC(=S)N1CCN(Cc2cccnc2)CC1. The second-order valence-corrected chi connectivity index (χ2v) is 5.24. The van der Waals surface area contributed by atoms with Gasteiger partial charge in [0.25, 0.3) is 0 Å². The summed E-state index contributed by atoms with van der Waals surface area (Å²) in [5.74, 6) is 0. The highest BCUT2D eigenvalue weighted by molar-refractivity contribution is 7.80. The van der Waals surface area contributed by atoms with Gasteiger partial charge in [-0.2, -0.15) is 0 Å². The molecular weight excluding hydrogens is 272 g/mol. The minimum absolute atomic E-state index is 0.682. The maximum Gasteiger partial charge on any atom is 0.169 e. The van der Waals surface area contributed by atoms with Crippen molar-refractivity contribution in [3.63, 3.8) is 0 Å². The molecule has 2 rings (SSSR count). The Morgan fingerprint density at radius 2 is 2.20 bits per heavy atom. The third kappa shape index (κ3) is 4.70. The summed E-state index contributed by atoms with van der Waals surface area (Å²) in [6, 6.07) is 4.11. The first-order chi connectivity index (χ1) is 9.79. The van der Waals surface area contributed by atoms with Gasteiger partial charge in [0.1, 0.15) is 0 Å². The average Bonchev–Trinajstić information content (AvgIpc) is 2.49. The second kappa shape index (κ2) is 8.14. The van der Waals surface area contributed by atoms with Gasteiger partial charge in [-0.15, -0.1) is 0 Å². The Morgan fingerprint density at radius 3 is 2.85 bits per heavy atom. The number of pyridine rings is 1. The standard InChI is InChI=1S/C14H22N4OS/c1-19-10-5-16-14(20)18-8-6-17(7-9-18)12-13-3-2-4-15-11-13/h2-4,11H,5-10,12H2,1H3,(H,16,20). The molecule has 2 heterocycles. The van der Waals surface area contributed by atoms with Crippen molar-refractivity contribution in [2.45, 2.75) is 6.54 Å². The zero-order valence-electron chi connectivity index (χ0n) is 11.9. The van der Waals surface area contributed by atoms with E-state index in [1.807, 2.05) is 18.5 Å². The fraction of sp³-hybridized carbons (Fsp3) is 0.571. The van der Waals surface area contributed by atoms with Gasteiger partial charge >= 0.3 is 0 Å². The zero-order chi connectivity index (χ0) is 14.2. The number of thiocarbonyl (C=S) groups is 1. The van der Waals surface area contributed by atoms with Crippen molar-refractivity contribution in [3.8, 4) is 0 Å². The van der Waals surface area contributed by atoms with E-state index in [0.717, 1.165) is 44.4 Å². The third-order valence-electron chi connectivity index (χ3n) is 3.37. The van der Waals surface area contributed by atoms with Crippen molar-refractivity contribution in [2.75, 3.05) is 46.4 Å². The molecule has 0 bridgehead atoms. The Hall–Kier alpha value is -1.24. The number of methoxy groups -OCH3 is 1. The molecule has 0 aromatic carbocycles. The lowest BCUT2D eigenvalue weighted by Crippen LogP contribution is -2.51. The van der Waals surface area contributed by atoms with Crippen molar-refractivity contribution in [1.29, 1.82) is 0 Å². The van der Waals surface area contributed by atoms with Gasteiger partial charge in [0.2, 0.25) is 0 Å². The number of nitrogens with one attached hydrogen (secondary N) is 1. The molecule has 110 valence electrons. The molecule has 0 unspecified atom stereocenters. The van der Waals surface area contributed by atoms with Crippen molar-refractivity contribution < 1.29 is 4.74 Å². The minimum atomic E-state index is 0.682. The first-order valence-corrected chi connectivity index (χ1v) is 7.33. The van der Waals surface area contributed by atoms with E-state index < -0.39 is 0 Å². The highest BCUT2D eigenvalue weighted by Gasteiger charge is 2.18. The molecule has 1 aliphatic rings. The largest absolute Gasteiger partial charge is 0.383 e. The van der Waals surface area contributed by atoms with Crippen LogP contribution < -0.4 is 5.32 Å². The van der Waals surface area contributed by atoms with Crippen LogP contribution in [-0.2, 0) is 11.3 Å². The Balaban J connectivity index is 1.71. The number of rotatable bonds is 5. The Bertz CT molecular complexity index is 407. The predicted octanol–water partition coefficient (Wildman–Crippen LogP) is 0.720. The van der Waals surface area contributed by atoms with E-state index in [0.29, 0.717) is 6.61 Å². The fourth-order valence-corrected chi connectivity index (χ4v) is 2.52. The molecule has 1 fully saturated rings. The number of hydrogen-bond acceptors (Lipinski definition) is 4. The van der Waals surface area contributed by atoms with E-state index >= 15 is 0 Å². The van der Waals surface area contributed by atoms with E-state index in [-0.39, 0.29) is 0 Å². The number of hydrogen-bond donors (Lipinski definition) is 1.